The van der Waals surface area contributed by atoms with Gasteiger partial charge in [0.2, 0.25) is 0 Å². The minimum Gasteiger partial charge on any atom is -0.508 e. The Kier molecular flexibility index (Phi) is 16.3. The number of hydrogen-bond acceptors (Lipinski definition) is 2. The Labute approximate surface area is 220 Å². The maximum Gasteiger partial charge on any atom is 0.118 e. The fourth-order valence-corrected chi connectivity index (χ4v) is 3.05. The molecule has 0 saturated carbocycles. The molecule has 2 N–H and O–H groups in total. The molecule has 0 unspecified atom stereocenters. The van der Waals surface area contributed by atoms with Crippen LogP contribution >= 0.6 is 0 Å². The Morgan fingerprint density at radius 3 is 1.09 bits per heavy atom. The molecule has 2 aromatic rings. The number of benzene rings is 2. The van der Waals surface area contributed by atoms with E-state index >= 15 is 0 Å². The van der Waals surface area contributed by atoms with E-state index < -0.39 is 0 Å². The fraction of sp³-hybridized carbons (Fsp3) is 0.333. The Hall–Kier alpha value is -2.12. The van der Waals surface area contributed by atoms with Crippen molar-refractivity contribution in [1.82, 2.24) is 0 Å². The normalized spacial score (nSPS) is 13.3. The molecule has 4 rings (SSSR count). The number of para-hydroxylation sites is 2. The summed E-state index contributed by atoms with van der Waals surface area (Å²) in [4.78, 5) is 0. The van der Waals surface area contributed by atoms with Gasteiger partial charge in [0.25, 0.3) is 0 Å². The summed E-state index contributed by atoms with van der Waals surface area (Å²) < 4.78 is 0. The van der Waals surface area contributed by atoms with Gasteiger partial charge in [-0.25, -0.2) is 0 Å². The summed E-state index contributed by atoms with van der Waals surface area (Å²) in [5.74, 6) is 0.806. The van der Waals surface area contributed by atoms with Gasteiger partial charge >= 0.3 is 0 Å². The zero-order valence-electron chi connectivity index (χ0n) is 21.2. The molecule has 3 heteroatoms. The van der Waals surface area contributed by atoms with Crippen LogP contribution in [0.25, 0.3) is 0 Å². The van der Waals surface area contributed by atoms with Crippen molar-refractivity contribution >= 4 is 0 Å². The minimum absolute atomic E-state index is 0. The zero-order valence-corrected chi connectivity index (χ0v) is 23.6. The van der Waals surface area contributed by atoms with Gasteiger partial charge in [-0.15, -0.1) is 0 Å². The zero-order chi connectivity index (χ0) is 23.9. The second kappa shape index (κ2) is 17.4. The SMILES string of the molecule is CC1=C(C)CC=C1.CC1=C(C)CC=C1.CCc1ccccc1O.CCc1ccccc1O.[Zr]. The van der Waals surface area contributed by atoms with Crippen LogP contribution in [0.1, 0.15) is 65.5 Å². The molecule has 0 fully saturated rings. The first-order chi connectivity index (χ1) is 15.3. The third-order valence-corrected chi connectivity index (χ3v) is 5.68. The Morgan fingerprint density at radius 2 is 0.939 bits per heavy atom. The quantitative estimate of drug-likeness (QED) is 0.414. The van der Waals surface area contributed by atoms with Crippen LogP contribution in [0.2, 0.25) is 0 Å². The molecule has 0 aliphatic heterocycles. The van der Waals surface area contributed by atoms with Gasteiger partial charge < -0.3 is 10.2 Å². The number of phenols is 2. The van der Waals surface area contributed by atoms with Gasteiger partial charge in [-0.3, -0.25) is 0 Å². The number of aryl methyl sites for hydroxylation is 2. The maximum absolute atomic E-state index is 9.11. The summed E-state index contributed by atoms with van der Waals surface area (Å²) >= 11 is 0. The van der Waals surface area contributed by atoms with Gasteiger partial charge in [-0.05, 0) is 76.6 Å². The van der Waals surface area contributed by atoms with E-state index in [-0.39, 0.29) is 26.2 Å². The predicted octanol–water partition coefficient (Wildman–Crippen LogP) is 8.47. The first-order valence-electron chi connectivity index (χ1n) is 11.5. The molecule has 0 aromatic heterocycles. The molecular weight excluding hydrogens is 484 g/mol. The minimum atomic E-state index is 0. The summed E-state index contributed by atoms with van der Waals surface area (Å²) in [6.07, 6.45) is 12.9. The van der Waals surface area contributed by atoms with Crippen molar-refractivity contribution in [2.75, 3.05) is 0 Å². The van der Waals surface area contributed by atoms with Crippen LogP contribution in [0.3, 0.4) is 0 Å². The van der Waals surface area contributed by atoms with E-state index in [4.69, 9.17) is 10.2 Å². The molecule has 2 aromatic carbocycles. The van der Waals surface area contributed by atoms with E-state index in [2.05, 4.69) is 52.0 Å². The van der Waals surface area contributed by atoms with Crippen LogP contribution in [0.15, 0.2) is 95.1 Å². The molecule has 0 amide bonds. The number of phenolic OH excluding ortho intramolecular Hbond substituents is 2. The molecule has 33 heavy (non-hydrogen) atoms. The number of allylic oxidation sites excluding steroid dienone is 8. The van der Waals surface area contributed by atoms with Crippen LogP contribution in [0.5, 0.6) is 11.5 Å². The summed E-state index contributed by atoms with van der Waals surface area (Å²) in [6.45, 7) is 12.7. The van der Waals surface area contributed by atoms with Crippen LogP contribution in [-0.2, 0) is 39.0 Å². The summed E-state index contributed by atoms with van der Waals surface area (Å²) in [7, 11) is 0. The average molecular weight is 524 g/mol. The molecule has 2 aliphatic rings. The first-order valence-corrected chi connectivity index (χ1v) is 11.5. The van der Waals surface area contributed by atoms with Crippen LogP contribution < -0.4 is 0 Å². The molecule has 0 radical (unpaired) electrons. The molecular formula is C30H40O2Zr. The molecule has 0 atom stereocenters. The maximum atomic E-state index is 9.11. The average Bonchev–Trinajstić information content (AvgIpc) is 3.36. The third-order valence-electron chi connectivity index (χ3n) is 5.68. The molecule has 0 bridgehead atoms. The van der Waals surface area contributed by atoms with Gasteiger partial charge in [-0.2, -0.15) is 0 Å². The standard InChI is InChI=1S/2C8H10O.2C7H10.Zr/c2*1-2-7-5-3-4-6-8(7)9;2*1-6-4-3-5-7(6)2;/h2*3-6,9H,2H2,1H3;2*3-4H,5H2,1-2H3;. The van der Waals surface area contributed by atoms with E-state index in [0.717, 1.165) is 24.0 Å². The fourth-order valence-electron chi connectivity index (χ4n) is 3.05. The van der Waals surface area contributed by atoms with Crippen molar-refractivity contribution in [3.05, 3.63) is 106 Å². The Balaban J connectivity index is 0.000000412. The third kappa shape index (κ3) is 12.1. The van der Waals surface area contributed by atoms with Gasteiger partial charge in [-0.1, -0.05) is 96.8 Å². The molecule has 2 nitrogen and oxygen atoms in total. The van der Waals surface area contributed by atoms with Gasteiger partial charge in [0.05, 0.1) is 0 Å². The van der Waals surface area contributed by atoms with Crippen molar-refractivity contribution in [3.8, 4) is 11.5 Å². The second-order valence-electron chi connectivity index (χ2n) is 8.10. The van der Waals surface area contributed by atoms with Gasteiger partial charge in [0.15, 0.2) is 0 Å². The topological polar surface area (TPSA) is 40.5 Å². The van der Waals surface area contributed by atoms with Crippen molar-refractivity contribution in [2.45, 2.75) is 67.2 Å². The molecule has 2 aliphatic carbocycles. The van der Waals surface area contributed by atoms with E-state index in [1.807, 2.05) is 50.2 Å². The number of hydrogen-bond donors (Lipinski definition) is 2. The van der Waals surface area contributed by atoms with Crippen LogP contribution in [0.4, 0.5) is 0 Å². The summed E-state index contributed by atoms with van der Waals surface area (Å²) in [5.41, 5.74) is 7.94. The Morgan fingerprint density at radius 1 is 0.606 bits per heavy atom. The Bertz CT molecular complexity index is 885. The van der Waals surface area contributed by atoms with Crippen LogP contribution in [-0.4, -0.2) is 10.2 Å². The van der Waals surface area contributed by atoms with Gasteiger partial charge in [0.1, 0.15) is 11.5 Å². The van der Waals surface area contributed by atoms with E-state index in [1.54, 1.807) is 12.1 Å². The largest absolute Gasteiger partial charge is 0.508 e. The van der Waals surface area contributed by atoms with Crippen molar-refractivity contribution in [3.63, 3.8) is 0 Å². The predicted molar refractivity (Wildman–Crippen MR) is 139 cm³/mol. The molecule has 176 valence electrons. The number of rotatable bonds is 2. The first kappa shape index (κ1) is 30.9. The van der Waals surface area contributed by atoms with E-state index in [0.29, 0.717) is 11.5 Å². The molecule has 0 spiro atoms. The van der Waals surface area contributed by atoms with E-state index in [9.17, 15) is 0 Å². The smallest absolute Gasteiger partial charge is 0.118 e. The monoisotopic (exact) mass is 522 g/mol. The van der Waals surface area contributed by atoms with Crippen LogP contribution in [0, 0.1) is 0 Å². The summed E-state index contributed by atoms with van der Waals surface area (Å²) in [6, 6.07) is 14.8. The van der Waals surface area contributed by atoms with Crippen molar-refractivity contribution < 1.29 is 36.4 Å². The van der Waals surface area contributed by atoms with Crippen molar-refractivity contribution in [2.24, 2.45) is 0 Å². The molecule has 0 saturated heterocycles. The van der Waals surface area contributed by atoms with E-state index in [1.165, 1.54) is 35.1 Å². The van der Waals surface area contributed by atoms with Gasteiger partial charge in [0, 0.05) is 26.2 Å². The summed E-state index contributed by atoms with van der Waals surface area (Å²) in [5, 5.41) is 18.2. The van der Waals surface area contributed by atoms with Crippen molar-refractivity contribution in [1.29, 1.82) is 0 Å². The molecule has 0 heterocycles. The number of aromatic hydroxyl groups is 2. The second-order valence-corrected chi connectivity index (χ2v) is 8.10.